The molecule has 0 bridgehead atoms. The molecule has 0 atom stereocenters. The van der Waals surface area contributed by atoms with E-state index in [1.165, 1.54) is 0 Å². The second-order valence-electron chi connectivity index (χ2n) is 3.37. The van der Waals surface area contributed by atoms with E-state index in [0.29, 0.717) is 17.9 Å². The molecule has 1 aromatic carbocycles. The Labute approximate surface area is 96.3 Å². The fourth-order valence-electron chi connectivity index (χ4n) is 1.14. The summed E-state index contributed by atoms with van der Waals surface area (Å²) in [5.74, 6) is 1.03. The molecule has 0 aliphatic carbocycles. The minimum absolute atomic E-state index is 0.0511. The van der Waals surface area contributed by atoms with Crippen LogP contribution >= 0.6 is 0 Å². The van der Waals surface area contributed by atoms with Crippen LogP contribution in [0.4, 0.5) is 0 Å². The van der Waals surface area contributed by atoms with Crippen LogP contribution in [0.15, 0.2) is 24.3 Å². The topological polar surface area (TPSA) is 52.6 Å². The molecule has 0 saturated heterocycles. The number of hydrogen-bond acceptors (Lipinski definition) is 4. The summed E-state index contributed by atoms with van der Waals surface area (Å²) >= 11 is 0. The lowest BCUT2D eigenvalue weighted by Gasteiger charge is -2.06. The molecule has 0 heterocycles. The molecule has 0 unspecified atom stereocenters. The summed E-state index contributed by atoms with van der Waals surface area (Å²) in [7, 11) is -1.91. The van der Waals surface area contributed by atoms with Crippen LogP contribution in [0.25, 0.3) is 0 Å². The van der Waals surface area contributed by atoms with Gasteiger partial charge < -0.3 is 8.92 Å². The Kier molecular flexibility index (Phi) is 4.61. The number of unbranched alkanes of at least 4 members (excludes halogenated alkanes) is 1. The van der Waals surface area contributed by atoms with Crippen molar-refractivity contribution in [2.24, 2.45) is 0 Å². The zero-order chi connectivity index (χ0) is 12.0. The Morgan fingerprint density at radius 2 is 1.69 bits per heavy atom. The predicted molar refractivity (Wildman–Crippen MR) is 62.3 cm³/mol. The fourth-order valence-corrected chi connectivity index (χ4v) is 2.27. The third-order valence-corrected chi connectivity index (χ3v) is 3.27. The molecule has 0 aliphatic rings. The smallest absolute Gasteiger partial charge is 0.309 e. The van der Waals surface area contributed by atoms with Crippen molar-refractivity contribution >= 4 is 10.1 Å². The third kappa shape index (κ3) is 4.10. The summed E-state index contributed by atoms with van der Waals surface area (Å²) < 4.78 is 32.8. The number of rotatable bonds is 6. The average molecular weight is 244 g/mol. The highest BCUT2D eigenvalue weighted by Gasteiger charge is 2.11. The Morgan fingerprint density at radius 1 is 1.12 bits per heavy atom. The maximum atomic E-state index is 11.5. The van der Waals surface area contributed by atoms with E-state index < -0.39 is 10.1 Å². The first-order valence-electron chi connectivity index (χ1n) is 5.13. The summed E-state index contributed by atoms with van der Waals surface area (Å²) in [5, 5.41) is 0. The zero-order valence-corrected chi connectivity index (χ0v) is 10.3. The second kappa shape index (κ2) is 5.75. The van der Waals surface area contributed by atoms with Crippen molar-refractivity contribution in [3.05, 3.63) is 24.3 Å². The van der Waals surface area contributed by atoms with Crippen LogP contribution in [-0.2, 0) is 10.1 Å². The van der Waals surface area contributed by atoms with Crippen LogP contribution in [0, 0.1) is 0 Å². The minimum Gasteiger partial charge on any atom is -0.497 e. The highest BCUT2D eigenvalue weighted by atomic mass is 32.2. The molecule has 0 aromatic heterocycles. The number of methoxy groups -OCH3 is 1. The second-order valence-corrected chi connectivity index (χ2v) is 5.06. The van der Waals surface area contributed by atoms with E-state index in [9.17, 15) is 8.42 Å². The maximum absolute atomic E-state index is 11.5. The molecule has 0 saturated carbocycles. The lowest BCUT2D eigenvalue weighted by Crippen LogP contribution is -2.13. The molecule has 0 spiro atoms. The van der Waals surface area contributed by atoms with Gasteiger partial charge in [0.2, 0.25) is 0 Å². The molecular weight excluding hydrogens is 228 g/mol. The molecule has 0 fully saturated rings. The Morgan fingerprint density at radius 3 is 2.19 bits per heavy atom. The fraction of sp³-hybridized carbons (Fsp3) is 0.455. The summed E-state index contributed by atoms with van der Waals surface area (Å²) in [6, 6.07) is 6.46. The maximum Gasteiger partial charge on any atom is 0.309 e. The van der Waals surface area contributed by atoms with Crippen LogP contribution in [0.3, 0.4) is 0 Å². The van der Waals surface area contributed by atoms with Gasteiger partial charge in [-0.1, -0.05) is 13.3 Å². The first-order chi connectivity index (χ1) is 7.57. The number of hydrogen-bond donors (Lipinski definition) is 0. The van der Waals surface area contributed by atoms with E-state index in [1.54, 1.807) is 31.4 Å². The summed E-state index contributed by atoms with van der Waals surface area (Å²) in [5.41, 5.74) is 0. The van der Waals surface area contributed by atoms with Crippen molar-refractivity contribution in [2.45, 2.75) is 19.8 Å². The molecule has 0 radical (unpaired) electrons. The van der Waals surface area contributed by atoms with Gasteiger partial charge in [0.1, 0.15) is 11.5 Å². The molecule has 1 rings (SSSR count). The first kappa shape index (κ1) is 12.8. The molecule has 5 heteroatoms. The van der Waals surface area contributed by atoms with Crippen molar-refractivity contribution in [3.63, 3.8) is 0 Å². The quantitative estimate of drug-likeness (QED) is 0.720. The molecule has 4 nitrogen and oxygen atoms in total. The van der Waals surface area contributed by atoms with E-state index in [-0.39, 0.29) is 5.75 Å². The van der Waals surface area contributed by atoms with Crippen LogP contribution in [0.1, 0.15) is 19.8 Å². The molecule has 16 heavy (non-hydrogen) atoms. The highest BCUT2D eigenvalue weighted by Crippen LogP contribution is 2.18. The summed E-state index contributed by atoms with van der Waals surface area (Å²) in [4.78, 5) is 0. The van der Waals surface area contributed by atoms with Crippen LogP contribution in [-0.4, -0.2) is 21.3 Å². The number of benzene rings is 1. The SMILES string of the molecule is CCCCS(=O)(=O)Oc1ccc(OC)cc1. The van der Waals surface area contributed by atoms with Crippen molar-refractivity contribution in [2.75, 3.05) is 12.9 Å². The minimum atomic E-state index is -3.46. The number of ether oxygens (including phenoxy) is 1. The van der Waals surface area contributed by atoms with Crippen molar-refractivity contribution in [1.29, 1.82) is 0 Å². The third-order valence-electron chi connectivity index (χ3n) is 2.03. The summed E-state index contributed by atoms with van der Waals surface area (Å²) in [6.45, 7) is 1.93. The van der Waals surface area contributed by atoms with Gasteiger partial charge in [0.25, 0.3) is 0 Å². The largest absolute Gasteiger partial charge is 0.497 e. The standard InChI is InChI=1S/C11H16O4S/c1-3-4-9-16(12,13)15-11-7-5-10(14-2)6-8-11/h5-8H,3-4,9H2,1-2H3. The van der Waals surface area contributed by atoms with Gasteiger partial charge >= 0.3 is 10.1 Å². The first-order valence-corrected chi connectivity index (χ1v) is 6.71. The lowest BCUT2D eigenvalue weighted by molar-refractivity contribution is 0.413. The Hall–Kier alpha value is -1.23. The van der Waals surface area contributed by atoms with E-state index in [1.807, 2.05) is 6.92 Å². The van der Waals surface area contributed by atoms with Gasteiger partial charge in [0.15, 0.2) is 0 Å². The Balaban J connectivity index is 2.65. The van der Waals surface area contributed by atoms with Crippen LogP contribution in [0.2, 0.25) is 0 Å². The molecule has 0 aliphatic heterocycles. The van der Waals surface area contributed by atoms with E-state index in [0.717, 1.165) is 6.42 Å². The monoisotopic (exact) mass is 244 g/mol. The highest BCUT2D eigenvalue weighted by molar-refractivity contribution is 7.87. The van der Waals surface area contributed by atoms with Crippen LogP contribution < -0.4 is 8.92 Å². The zero-order valence-electron chi connectivity index (χ0n) is 9.47. The lowest BCUT2D eigenvalue weighted by atomic mass is 10.3. The predicted octanol–water partition coefficient (Wildman–Crippen LogP) is 2.20. The molecule has 1 aromatic rings. The van der Waals surface area contributed by atoms with E-state index >= 15 is 0 Å². The van der Waals surface area contributed by atoms with Crippen molar-refractivity contribution < 1.29 is 17.3 Å². The van der Waals surface area contributed by atoms with Gasteiger partial charge in [-0.05, 0) is 30.7 Å². The Bertz CT molecular complexity index is 408. The van der Waals surface area contributed by atoms with Crippen molar-refractivity contribution in [3.8, 4) is 11.5 Å². The molecule has 0 amide bonds. The molecular formula is C11H16O4S. The van der Waals surface area contributed by atoms with Gasteiger partial charge in [-0.25, -0.2) is 0 Å². The normalized spacial score (nSPS) is 11.1. The van der Waals surface area contributed by atoms with Crippen molar-refractivity contribution in [1.82, 2.24) is 0 Å². The van der Waals surface area contributed by atoms with Gasteiger partial charge in [0.05, 0.1) is 12.9 Å². The van der Waals surface area contributed by atoms with Gasteiger partial charge in [-0.2, -0.15) is 8.42 Å². The van der Waals surface area contributed by atoms with E-state index in [4.69, 9.17) is 8.92 Å². The van der Waals surface area contributed by atoms with Gasteiger partial charge in [-0.15, -0.1) is 0 Å². The van der Waals surface area contributed by atoms with Gasteiger partial charge in [0, 0.05) is 0 Å². The van der Waals surface area contributed by atoms with Crippen LogP contribution in [0.5, 0.6) is 11.5 Å². The van der Waals surface area contributed by atoms with Gasteiger partial charge in [-0.3, -0.25) is 0 Å². The average Bonchev–Trinajstić information content (AvgIpc) is 2.27. The molecule has 0 N–H and O–H groups in total. The molecule has 90 valence electrons. The summed E-state index contributed by atoms with van der Waals surface area (Å²) in [6.07, 6.45) is 1.43. The van der Waals surface area contributed by atoms with E-state index in [2.05, 4.69) is 0 Å².